The normalized spacial score (nSPS) is 13.5. The van der Waals surface area contributed by atoms with Crippen LogP contribution in [0, 0.1) is 5.41 Å². The van der Waals surface area contributed by atoms with Crippen molar-refractivity contribution in [3.8, 4) is 0 Å². The number of rotatable bonds is 4. The van der Waals surface area contributed by atoms with Crippen molar-refractivity contribution in [2.75, 3.05) is 17.7 Å². The lowest BCUT2D eigenvalue weighted by atomic mass is 9.85. The van der Waals surface area contributed by atoms with Crippen LogP contribution in [0.3, 0.4) is 0 Å². The minimum absolute atomic E-state index is 0.0279. The van der Waals surface area contributed by atoms with E-state index in [1.807, 2.05) is 0 Å². The Hall–Kier alpha value is -1.36. The van der Waals surface area contributed by atoms with E-state index in [4.69, 9.17) is 10.8 Å². The van der Waals surface area contributed by atoms with Gasteiger partial charge in [-0.05, 0) is 11.8 Å². The van der Waals surface area contributed by atoms with Crippen molar-refractivity contribution in [1.82, 2.24) is 9.97 Å². The van der Waals surface area contributed by atoms with E-state index in [1.165, 1.54) is 6.33 Å². The number of nitrogen functional groups attached to an aromatic ring is 1. The number of hydrogen-bond acceptors (Lipinski definition) is 5. The van der Waals surface area contributed by atoms with Gasteiger partial charge in [-0.3, -0.25) is 0 Å². The third-order valence-electron chi connectivity index (χ3n) is 2.51. The molecule has 90 valence electrons. The summed E-state index contributed by atoms with van der Waals surface area (Å²) in [6, 6.07) is 0.120. The molecule has 5 heteroatoms. The SMILES string of the molecule is CC(C)(C)C(CCO)Nc1ncncc1N. The van der Waals surface area contributed by atoms with Gasteiger partial charge < -0.3 is 16.2 Å². The number of nitrogens with one attached hydrogen (secondary N) is 1. The highest BCUT2D eigenvalue weighted by atomic mass is 16.3. The summed E-state index contributed by atoms with van der Waals surface area (Å²) in [6.07, 6.45) is 3.68. The van der Waals surface area contributed by atoms with E-state index in [0.717, 1.165) is 0 Å². The molecule has 0 aromatic carbocycles. The maximum absolute atomic E-state index is 9.04. The molecule has 0 saturated heterocycles. The fraction of sp³-hybridized carbons (Fsp3) is 0.636. The summed E-state index contributed by atoms with van der Waals surface area (Å²) in [7, 11) is 0. The lowest BCUT2D eigenvalue weighted by Crippen LogP contribution is -2.35. The van der Waals surface area contributed by atoms with Crippen LogP contribution >= 0.6 is 0 Å². The Morgan fingerprint density at radius 2 is 2.19 bits per heavy atom. The topological polar surface area (TPSA) is 84.1 Å². The predicted molar refractivity (Wildman–Crippen MR) is 65.0 cm³/mol. The van der Waals surface area contributed by atoms with Gasteiger partial charge in [0.2, 0.25) is 0 Å². The number of hydrogen-bond donors (Lipinski definition) is 3. The predicted octanol–water partition coefficient (Wildman–Crippen LogP) is 1.27. The Morgan fingerprint density at radius 3 is 2.69 bits per heavy atom. The van der Waals surface area contributed by atoms with Crippen molar-refractivity contribution in [2.24, 2.45) is 5.41 Å². The van der Waals surface area contributed by atoms with Gasteiger partial charge in [-0.15, -0.1) is 0 Å². The van der Waals surface area contributed by atoms with Crippen molar-refractivity contribution in [3.05, 3.63) is 12.5 Å². The molecular formula is C11H20N4O. The van der Waals surface area contributed by atoms with Gasteiger partial charge in [0.25, 0.3) is 0 Å². The monoisotopic (exact) mass is 224 g/mol. The van der Waals surface area contributed by atoms with Crippen molar-refractivity contribution >= 4 is 11.5 Å². The van der Waals surface area contributed by atoms with E-state index in [1.54, 1.807) is 6.20 Å². The second kappa shape index (κ2) is 5.12. The lowest BCUT2D eigenvalue weighted by molar-refractivity contribution is 0.235. The van der Waals surface area contributed by atoms with Gasteiger partial charge in [0.1, 0.15) is 6.33 Å². The van der Waals surface area contributed by atoms with Crippen LogP contribution in [0.1, 0.15) is 27.2 Å². The lowest BCUT2D eigenvalue weighted by Gasteiger charge is -2.31. The highest BCUT2D eigenvalue weighted by Crippen LogP contribution is 2.26. The van der Waals surface area contributed by atoms with Gasteiger partial charge in [-0.25, -0.2) is 9.97 Å². The molecule has 5 nitrogen and oxygen atoms in total. The van der Waals surface area contributed by atoms with Gasteiger partial charge in [0.05, 0.1) is 11.9 Å². The summed E-state index contributed by atoms with van der Waals surface area (Å²) in [5.41, 5.74) is 6.31. The highest BCUT2D eigenvalue weighted by Gasteiger charge is 2.24. The van der Waals surface area contributed by atoms with Gasteiger partial charge in [-0.1, -0.05) is 20.8 Å². The van der Waals surface area contributed by atoms with Crippen LogP contribution < -0.4 is 11.1 Å². The van der Waals surface area contributed by atoms with Crippen molar-refractivity contribution < 1.29 is 5.11 Å². The first-order chi connectivity index (χ1) is 7.45. The summed E-state index contributed by atoms with van der Waals surface area (Å²) in [6.45, 7) is 6.47. The first-order valence-electron chi connectivity index (χ1n) is 5.38. The number of aliphatic hydroxyl groups is 1. The Bertz CT molecular complexity index is 335. The molecule has 0 amide bonds. The third kappa shape index (κ3) is 3.34. The Morgan fingerprint density at radius 1 is 1.50 bits per heavy atom. The zero-order chi connectivity index (χ0) is 12.2. The number of aliphatic hydroxyl groups excluding tert-OH is 1. The Labute approximate surface area is 96.1 Å². The third-order valence-corrected chi connectivity index (χ3v) is 2.51. The highest BCUT2D eigenvalue weighted by molar-refractivity contribution is 5.59. The zero-order valence-corrected chi connectivity index (χ0v) is 10.1. The van der Waals surface area contributed by atoms with Gasteiger partial charge in [-0.2, -0.15) is 0 Å². The maximum atomic E-state index is 9.04. The molecular weight excluding hydrogens is 204 g/mol. The number of anilines is 2. The Balaban J connectivity index is 2.80. The van der Waals surface area contributed by atoms with Crippen LogP contribution in [0.5, 0.6) is 0 Å². The minimum Gasteiger partial charge on any atom is -0.396 e. The molecule has 0 saturated carbocycles. The molecule has 0 aliphatic carbocycles. The van der Waals surface area contributed by atoms with E-state index in [0.29, 0.717) is 17.9 Å². The summed E-state index contributed by atoms with van der Waals surface area (Å²) < 4.78 is 0. The largest absolute Gasteiger partial charge is 0.396 e. The molecule has 0 radical (unpaired) electrons. The first-order valence-corrected chi connectivity index (χ1v) is 5.38. The summed E-state index contributed by atoms with van der Waals surface area (Å²) >= 11 is 0. The van der Waals surface area contributed by atoms with Crippen LogP contribution in [-0.2, 0) is 0 Å². The molecule has 0 aliphatic heterocycles. The molecule has 1 aromatic rings. The molecule has 0 aliphatic rings. The number of nitrogens with two attached hydrogens (primary N) is 1. The molecule has 1 atom stereocenters. The molecule has 0 bridgehead atoms. The number of nitrogens with zero attached hydrogens (tertiary/aromatic N) is 2. The zero-order valence-electron chi connectivity index (χ0n) is 10.1. The van der Waals surface area contributed by atoms with Crippen molar-refractivity contribution in [1.29, 1.82) is 0 Å². The second-order valence-electron chi connectivity index (χ2n) is 4.90. The Kier molecular flexibility index (Phi) is 4.06. The fourth-order valence-electron chi connectivity index (χ4n) is 1.48. The van der Waals surface area contributed by atoms with Crippen LogP contribution in [0.2, 0.25) is 0 Å². The average molecular weight is 224 g/mol. The molecule has 1 aromatic heterocycles. The van der Waals surface area contributed by atoms with Crippen molar-refractivity contribution in [3.63, 3.8) is 0 Å². The molecule has 1 unspecified atom stereocenters. The van der Waals surface area contributed by atoms with Crippen LogP contribution in [0.4, 0.5) is 11.5 Å². The standard InChI is InChI=1S/C11H20N4O/c1-11(2,3)9(4-5-16)15-10-8(12)6-13-7-14-10/h6-7,9,16H,4-5,12H2,1-3H3,(H,13,14,15). The van der Waals surface area contributed by atoms with Crippen LogP contribution in [0.15, 0.2) is 12.5 Å². The van der Waals surface area contributed by atoms with Crippen LogP contribution in [-0.4, -0.2) is 27.7 Å². The van der Waals surface area contributed by atoms with Crippen LogP contribution in [0.25, 0.3) is 0 Å². The number of aromatic nitrogens is 2. The molecule has 1 rings (SSSR count). The van der Waals surface area contributed by atoms with Gasteiger partial charge in [0.15, 0.2) is 5.82 Å². The second-order valence-corrected chi connectivity index (χ2v) is 4.90. The smallest absolute Gasteiger partial charge is 0.152 e. The van der Waals surface area contributed by atoms with E-state index >= 15 is 0 Å². The molecule has 16 heavy (non-hydrogen) atoms. The van der Waals surface area contributed by atoms with Crippen molar-refractivity contribution in [2.45, 2.75) is 33.2 Å². The minimum atomic E-state index is 0.0279. The maximum Gasteiger partial charge on any atom is 0.152 e. The summed E-state index contributed by atoms with van der Waals surface area (Å²) in [4.78, 5) is 7.92. The van der Waals surface area contributed by atoms with E-state index in [-0.39, 0.29) is 18.1 Å². The molecule has 1 heterocycles. The van der Waals surface area contributed by atoms with E-state index < -0.39 is 0 Å². The summed E-state index contributed by atoms with van der Waals surface area (Å²) in [5.74, 6) is 0.628. The quantitative estimate of drug-likeness (QED) is 0.717. The van der Waals surface area contributed by atoms with Gasteiger partial charge in [0, 0.05) is 12.6 Å². The summed E-state index contributed by atoms with van der Waals surface area (Å²) in [5, 5.41) is 12.3. The van der Waals surface area contributed by atoms with Gasteiger partial charge >= 0.3 is 0 Å². The average Bonchev–Trinajstić information content (AvgIpc) is 2.19. The van der Waals surface area contributed by atoms with E-state index in [2.05, 4.69) is 36.1 Å². The fourth-order valence-corrected chi connectivity index (χ4v) is 1.48. The molecule has 4 N–H and O–H groups in total. The first kappa shape index (κ1) is 12.7. The molecule has 0 fully saturated rings. The van der Waals surface area contributed by atoms with E-state index in [9.17, 15) is 0 Å². The molecule has 0 spiro atoms.